The summed E-state index contributed by atoms with van der Waals surface area (Å²) in [6.45, 7) is 6.90. The van der Waals surface area contributed by atoms with Crippen LogP contribution < -0.4 is 10.2 Å². The van der Waals surface area contributed by atoms with Gasteiger partial charge in [-0.1, -0.05) is 20.8 Å². The molecule has 1 saturated heterocycles. The SMILES string of the molecule is CC1CC(NC(=O)C(C)C)CN(c2cc(F)ccc2F)C1. The minimum absolute atomic E-state index is 0.00577. The van der Waals surface area contributed by atoms with E-state index in [2.05, 4.69) is 12.2 Å². The van der Waals surface area contributed by atoms with E-state index in [9.17, 15) is 13.6 Å². The average molecular weight is 296 g/mol. The minimum atomic E-state index is -0.451. The van der Waals surface area contributed by atoms with Crippen LogP contribution in [0.2, 0.25) is 0 Å². The highest BCUT2D eigenvalue weighted by molar-refractivity contribution is 5.78. The van der Waals surface area contributed by atoms with Crippen LogP contribution in [-0.4, -0.2) is 25.0 Å². The Labute approximate surface area is 124 Å². The highest BCUT2D eigenvalue weighted by Gasteiger charge is 2.28. The Hall–Kier alpha value is -1.65. The van der Waals surface area contributed by atoms with Crippen molar-refractivity contribution in [3.63, 3.8) is 0 Å². The van der Waals surface area contributed by atoms with Crippen LogP contribution in [0.15, 0.2) is 18.2 Å². The van der Waals surface area contributed by atoms with Crippen LogP contribution in [-0.2, 0) is 4.79 Å². The van der Waals surface area contributed by atoms with Crippen molar-refractivity contribution in [3.05, 3.63) is 29.8 Å². The van der Waals surface area contributed by atoms with Gasteiger partial charge >= 0.3 is 0 Å². The van der Waals surface area contributed by atoms with Crippen LogP contribution in [0.1, 0.15) is 27.2 Å². The molecule has 5 heteroatoms. The van der Waals surface area contributed by atoms with Crippen molar-refractivity contribution in [2.24, 2.45) is 11.8 Å². The molecule has 1 fully saturated rings. The van der Waals surface area contributed by atoms with Gasteiger partial charge in [-0.2, -0.15) is 0 Å². The van der Waals surface area contributed by atoms with Crippen LogP contribution in [0.4, 0.5) is 14.5 Å². The molecule has 0 radical (unpaired) electrons. The fourth-order valence-electron chi connectivity index (χ4n) is 2.75. The molecule has 2 rings (SSSR count). The Morgan fingerprint density at radius 2 is 2.05 bits per heavy atom. The molecule has 1 aromatic carbocycles. The van der Waals surface area contributed by atoms with Crippen LogP contribution in [0.3, 0.4) is 0 Å². The zero-order valence-electron chi connectivity index (χ0n) is 12.7. The maximum Gasteiger partial charge on any atom is 0.222 e. The number of piperidine rings is 1. The van der Waals surface area contributed by atoms with Gasteiger partial charge in [0, 0.05) is 31.1 Å². The lowest BCUT2D eigenvalue weighted by molar-refractivity contribution is -0.124. The van der Waals surface area contributed by atoms with E-state index in [0.29, 0.717) is 19.0 Å². The Morgan fingerprint density at radius 3 is 2.71 bits per heavy atom. The Bertz CT molecular complexity index is 519. The molecule has 1 aromatic rings. The molecule has 0 spiro atoms. The number of hydrogen-bond donors (Lipinski definition) is 1. The quantitative estimate of drug-likeness (QED) is 0.930. The van der Waals surface area contributed by atoms with E-state index in [-0.39, 0.29) is 23.6 Å². The summed E-state index contributed by atoms with van der Waals surface area (Å²) in [7, 11) is 0. The van der Waals surface area contributed by atoms with Gasteiger partial charge in [0.15, 0.2) is 0 Å². The molecule has 0 bridgehead atoms. The predicted molar refractivity (Wildman–Crippen MR) is 79.1 cm³/mol. The fourth-order valence-corrected chi connectivity index (χ4v) is 2.75. The lowest BCUT2D eigenvalue weighted by atomic mass is 9.95. The minimum Gasteiger partial charge on any atom is -0.367 e. The van der Waals surface area contributed by atoms with Gasteiger partial charge in [-0.3, -0.25) is 4.79 Å². The summed E-state index contributed by atoms with van der Waals surface area (Å²) in [6, 6.07) is 3.44. The van der Waals surface area contributed by atoms with E-state index < -0.39 is 11.6 Å². The molecule has 1 aliphatic heterocycles. The Morgan fingerprint density at radius 1 is 1.33 bits per heavy atom. The molecule has 1 heterocycles. The molecule has 2 unspecified atom stereocenters. The van der Waals surface area contributed by atoms with Crippen LogP contribution in [0.25, 0.3) is 0 Å². The van der Waals surface area contributed by atoms with Crippen LogP contribution in [0, 0.1) is 23.5 Å². The molecule has 1 aliphatic rings. The van der Waals surface area contributed by atoms with Crippen molar-refractivity contribution in [1.82, 2.24) is 5.32 Å². The van der Waals surface area contributed by atoms with Gasteiger partial charge in [0.1, 0.15) is 11.6 Å². The number of nitrogens with one attached hydrogen (secondary N) is 1. The lowest BCUT2D eigenvalue weighted by Crippen LogP contribution is -2.51. The van der Waals surface area contributed by atoms with Gasteiger partial charge in [-0.25, -0.2) is 8.78 Å². The second-order valence-corrected chi connectivity index (χ2v) is 6.20. The summed E-state index contributed by atoms with van der Waals surface area (Å²) in [6.07, 6.45) is 0.853. The third kappa shape index (κ3) is 3.93. The number of hydrogen-bond acceptors (Lipinski definition) is 2. The van der Waals surface area contributed by atoms with Crippen molar-refractivity contribution in [2.75, 3.05) is 18.0 Å². The second-order valence-electron chi connectivity index (χ2n) is 6.20. The molecule has 3 nitrogen and oxygen atoms in total. The fraction of sp³-hybridized carbons (Fsp3) is 0.562. The number of nitrogens with zero attached hydrogens (tertiary/aromatic N) is 1. The summed E-state index contributed by atoms with van der Waals surface area (Å²) < 4.78 is 27.3. The molecule has 21 heavy (non-hydrogen) atoms. The molecule has 1 N–H and O–H groups in total. The van der Waals surface area contributed by atoms with Gasteiger partial charge in [-0.15, -0.1) is 0 Å². The molecule has 0 saturated carbocycles. The van der Waals surface area contributed by atoms with Gasteiger partial charge in [-0.05, 0) is 24.5 Å². The zero-order chi connectivity index (χ0) is 15.6. The standard InChI is InChI=1S/C16H22F2N2O/c1-10(2)16(21)19-13-6-11(3)8-20(9-13)15-7-12(17)4-5-14(15)18/h4-5,7,10-11,13H,6,8-9H2,1-3H3,(H,19,21). The third-order valence-corrected chi connectivity index (χ3v) is 3.78. The molecule has 2 atom stereocenters. The smallest absolute Gasteiger partial charge is 0.222 e. The number of carbonyl (C=O) groups is 1. The first-order valence-electron chi connectivity index (χ1n) is 7.37. The van der Waals surface area contributed by atoms with Gasteiger partial charge < -0.3 is 10.2 Å². The Balaban J connectivity index is 2.13. The van der Waals surface area contributed by atoms with E-state index in [4.69, 9.17) is 0 Å². The summed E-state index contributed by atoms with van der Waals surface area (Å²) in [5.41, 5.74) is 0.269. The first kappa shape index (κ1) is 15.7. The zero-order valence-corrected chi connectivity index (χ0v) is 12.7. The maximum absolute atomic E-state index is 13.9. The first-order valence-corrected chi connectivity index (χ1v) is 7.37. The van der Waals surface area contributed by atoms with E-state index in [1.54, 1.807) is 0 Å². The molecule has 116 valence electrons. The number of anilines is 1. The number of rotatable bonds is 3. The highest BCUT2D eigenvalue weighted by Crippen LogP contribution is 2.26. The lowest BCUT2D eigenvalue weighted by Gasteiger charge is -2.38. The number of amides is 1. The van der Waals surface area contributed by atoms with Gasteiger partial charge in [0.05, 0.1) is 5.69 Å². The normalized spacial score (nSPS) is 22.5. The monoisotopic (exact) mass is 296 g/mol. The summed E-state index contributed by atoms with van der Waals surface area (Å²) >= 11 is 0. The maximum atomic E-state index is 13.9. The number of benzene rings is 1. The highest BCUT2D eigenvalue weighted by atomic mass is 19.1. The van der Waals surface area contributed by atoms with Crippen molar-refractivity contribution >= 4 is 11.6 Å². The topological polar surface area (TPSA) is 32.3 Å². The summed E-state index contributed by atoms with van der Waals surface area (Å²) in [4.78, 5) is 13.6. The van der Waals surface area contributed by atoms with E-state index in [0.717, 1.165) is 18.6 Å². The second kappa shape index (κ2) is 6.41. The van der Waals surface area contributed by atoms with Gasteiger partial charge in [0.2, 0.25) is 5.91 Å². The average Bonchev–Trinajstić information content (AvgIpc) is 2.40. The van der Waals surface area contributed by atoms with E-state index in [1.807, 2.05) is 18.7 Å². The Kier molecular flexibility index (Phi) is 4.80. The molecular weight excluding hydrogens is 274 g/mol. The molecule has 1 amide bonds. The third-order valence-electron chi connectivity index (χ3n) is 3.78. The van der Waals surface area contributed by atoms with Crippen molar-refractivity contribution < 1.29 is 13.6 Å². The first-order chi connectivity index (χ1) is 9.86. The van der Waals surface area contributed by atoms with Crippen molar-refractivity contribution in [2.45, 2.75) is 33.2 Å². The number of carbonyl (C=O) groups excluding carboxylic acids is 1. The summed E-state index contributed by atoms with van der Waals surface area (Å²) in [5.74, 6) is -0.666. The molecule has 0 aromatic heterocycles. The van der Waals surface area contributed by atoms with E-state index >= 15 is 0 Å². The van der Waals surface area contributed by atoms with Crippen molar-refractivity contribution in [1.29, 1.82) is 0 Å². The van der Waals surface area contributed by atoms with Crippen LogP contribution >= 0.6 is 0 Å². The molecule has 0 aliphatic carbocycles. The number of halogens is 2. The van der Waals surface area contributed by atoms with Crippen molar-refractivity contribution in [3.8, 4) is 0 Å². The largest absolute Gasteiger partial charge is 0.367 e. The van der Waals surface area contributed by atoms with Gasteiger partial charge in [0.25, 0.3) is 0 Å². The van der Waals surface area contributed by atoms with Crippen LogP contribution in [0.5, 0.6) is 0 Å². The molecular formula is C16H22F2N2O. The summed E-state index contributed by atoms with van der Waals surface area (Å²) in [5, 5.41) is 2.99. The predicted octanol–water partition coefficient (Wildman–Crippen LogP) is 2.95. The van der Waals surface area contributed by atoms with E-state index in [1.165, 1.54) is 6.07 Å².